The van der Waals surface area contributed by atoms with Gasteiger partial charge in [0.1, 0.15) is 5.54 Å². The molecule has 3 fully saturated rings. The highest BCUT2D eigenvalue weighted by Gasteiger charge is 2.48. The van der Waals surface area contributed by atoms with Crippen molar-refractivity contribution >= 4 is 11.9 Å². The van der Waals surface area contributed by atoms with Crippen molar-refractivity contribution < 1.29 is 9.53 Å². The zero-order valence-electron chi connectivity index (χ0n) is 15.8. The Morgan fingerprint density at radius 3 is 2.39 bits per heavy atom. The van der Waals surface area contributed by atoms with Gasteiger partial charge >= 0.3 is 0 Å². The number of carbonyl (C=O) groups is 1. The average Bonchev–Trinajstić information content (AvgIpc) is 3.43. The summed E-state index contributed by atoms with van der Waals surface area (Å²) < 4.78 is 5.49. The van der Waals surface area contributed by atoms with Gasteiger partial charge in [-0.15, -0.1) is 0 Å². The van der Waals surface area contributed by atoms with Crippen LogP contribution in [0.25, 0.3) is 0 Å². The molecule has 0 aromatic carbocycles. The predicted molar refractivity (Wildman–Crippen MR) is 102 cm³/mol. The second-order valence-electron chi connectivity index (χ2n) is 8.16. The van der Waals surface area contributed by atoms with Gasteiger partial charge in [-0.1, -0.05) is 0 Å². The molecular weight excluding hydrogens is 356 g/mol. The summed E-state index contributed by atoms with van der Waals surface area (Å²) in [7, 11) is 0. The third-order valence-electron chi connectivity index (χ3n) is 6.27. The lowest BCUT2D eigenvalue weighted by Gasteiger charge is -2.33. The van der Waals surface area contributed by atoms with E-state index >= 15 is 0 Å². The Labute approximate surface area is 163 Å². The number of hydrogen-bond acceptors (Lipinski definition) is 7. The van der Waals surface area contributed by atoms with Crippen LogP contribution < -0.4 is 5.32 Å². The molecule has 1 saturated carbocycles. The zero-order valence-corrected chi connectivity index (χ0v) is 15.8. The van der Waals surface area contributed by atoms with Crippen LogP contribution in [0.1, 0.15) is 48.3 Å². The smallest absolute Gasteiger partial charge is 0.257 e. The van der Waals surface area contributed by atoms with E-state index < -0.39 is 0 Å². The van der Waals surface area contributed by atoms with E-state index in [1.54, 1.807) is 30.9 Å². The van der Waals surface area contributed by atoms with Crippen molar-refractivity contribution in [2.24, 2.45) is 5.41 Å². The topological polar surface area (TPSA) is 93.1 Å². The van der Waals surface area contributed by atoms with E-state index in [2.05, 4.69) is 25.3 Å². The largest absolute Gasteiger partial charge is 0.381 e. The van der Waals surface area contributed by atoms with Gasteiger partial charge in [0.15, 0.2) is 5.82 Å². The van der Waals surface area contributed by atoms with E-state index in [0.29, 0.717) is 11.5 Å². The van der Waals surface area contributed by atoms with E-state index in [9.17, 15) is 4.79 Å². The Morgan fingerprint density at radius 2 is 1.71 bits per heavy atom. The van der Waals surface area contributed by atoms with Crippen molar-refractivity contribution in [3.8, 4) is 0 Å². The summed E-state index contributed by atoms with van der Waals surface area (Å²) in [6, 6.07) is 1.80. The minimum Gasteiger partial charge on any atom is -0.381 e. The summed E-state index contributed by atoms with van der Waals surface area (Å²) >= 11 is 0. The van der Waals surface area contributed by atoms with E-state index in [1.807, 2.05) is 4.90 Å². The number of carbonyl (C=O) groups excluding carboxylic acids is 1. The second kappa shape index (κ2) is 6.77. The van der Waals surface area contributed by atoms with Gasteiger partial charge in [-0.25, -0.2) is 19.9 Å². The van der Waals surface area contributed by atoms with Crippen molar-refractivity contribution in [2.45, 2.75) is 37.6 Å². The van der Waals surface area contributed by atoms with Gasteiger partial charge in [-0.2, -0.15) is 0 Å². The van der Waals surface area contributed by atoms with Crippen LogP contribution in [-0.2, 0) is 10.3 Å². The molecule has 0 unspecified atom stereocenters. The molecule has 3 aliphatic rings. The summed E-state index contributed by atoms with van der Waals surface area (Å²) in [5.74, 6) is 1.28. The third-order valence-corrected chi connectivity index (χ3v) is 6.27. The Bertz CT molecular complexity index is 847. The molecule has 0 bridgehead atoms. The van der Waals surface area contributed by atoms with Gasteiger partial charge in [0, 0.05) is 51.1 Å². The highest BCUT2D eigenvalue weighted by molar-refractivity contribution is 5.94. The molecule has 1 N–H and O–H groups in total. The molecule has 0 atom stereocenters. The molecule has 8 heteroatoms. The summed E-state index contributed by atoms with van der Waals surface area (Å²) in [5, 5.41) is 3.34. The lowest BCUT2D eigenvalue weighted by Crippen LogP contribution is -2.35. The van der Waals surface area contributed by atoms with Crippen molar-refractivity contribution in [3.63, 3.8) is 0 Å². The maximum atomic E-state index is 12.9. The molecule has 1 spiro atoms. The molecule has 5 rings (SSSR count). The first kappa shape index (κ1) is 17.5. The van der Waals surface area contributed by atoms with E-state index in [4.69, 9.17) is 4.74 Å². The Hall–Kier alpha value is -2.61. The lowest BCUT2D eigenvalue weighted by atomic mass is 9.80. The Kier molecular flexibility index (Phi) is 4.23. The summed E-state index contributed by atoms with van der Waals surface area (Å²) in [6.07, 6.45) is 11.8. The fourth-order valence-corrected chi connectivity index (χ4v) is 4.30. The zero-order chi connectivity index (χ0) is 19.0. The fraction of sp³-hybridized carbons (Fsp3) is 0.550. The molecule has 1 aliphatic carbocycles. The number of rotatable bonds is 4. The highest BCUT2D eigenvalue weighted by atomic mass is 16.5. The van der Waals surface area contributed by atoms with E-state index in [0.717, 1.165) is 64.2 Å². The number of nitrogens with one attached hydrogen (secondary N) is 1. The Balaban J connectivity index is 1.25. The molecule has 1 amide bonds. The van der Waals surface area contributed by atoms with Crippen molar-refractivity contribution in [2.75, 3.05) is 31.6 Å². The Morgan fingerprint density at radius 1 is 1.00 bits per heavy atom. The van der Waals surface area contributed by atoms with Gasteiger partial charge in [-0.05, 0) is 43.6 Å². The minimum atomic E-state index is -0.281. The maximum Gasteiger partial charge on any atom is 0.257 e. The minimum absolute atomic E-state index is 0.0162. The first-order chi connectivity index (χ1) is 13.7. The molecule has 2 aromatic heterocycles. The van der Waals surface area contributed by atoms with Crippen molar-refractivity contribution in [1.29, 1.82) is 0 Å². The lowest BCUT2D eigenvalue weighted by molar-refractivity contribution is 0.0191. The van der Waals surface area contributed by atoms with E-state index in [1.165, 1.54) is 0 Å². The number of likely N-dealkylation sites (tertiary alicyclic amines) is 1. The molecule has 2 aromatic rings. The number of hydrogen-bond donors (Lipinski definition) is 1. The number of anilines is 1. The molecule has 4 heterocycles. The van der Waals surface area contributed by atoms with Crippen LogP contribution in [0.15, 0.2) is 30.9 Å². The van der Waals surface area contributed by atoms with Gasteiger partial charge in [0.25, 0.3) is 5.91 Å². The maximum absolute atomic E-state index is 12.9. The van der Waals surface area contributed by atoms with Gasteiger partial charge in [0.05, 0.1) is 5.56 Å². The molecule has 0 radical (unpaired) electrons. The van der Waals surface area contributed by atoms with Crippen LogP contribution in [0.4, 0.5) is 5.95 Å². The van der Waals surface area contributed by atoms with E-state index in [-0.39, 0.29) is 16.9 Å². The quantitative estimate of drug-likeness (QED) is 0.867. The van der Waals surface area contributed by atoms with Crippen LogP contribution in [0, 0.1) is 5.41 Å². The average molecular weight is 380 g/mol. The molecule has 146 valence electrons. The molecule has 2 aliphatic heterocycles. The van der Waals surface area contributed by atoms with Crippen LogP contribution in [0.3, 0.4) is 0 Å². The molecule has 8 nitrogen and oxygen atoms in total. The summed E-state index contributed by atoms with van der Waals surface area (Å²) in [6.45, 7) is 3.22. The highest BCUT2D eigenvalue weighted by Crippen LogP contribution is 2.46. The predicted octanol–water partition coefficient (Wildman–Crippen LogP) is 2.01. The first-order valence-corrected chi connectivity index (χ1v) is 9.93. The SMILES string of the molecule is O=C(c1cnc(NC2(c3ncccn3)CC2)nc1)N1CCC2(CCOCC2)C1. The van der Waals surface area contributed by atoms with Crippen LogP contribution in [-0.4, -0.2) is 57.0 Å². The second-order valence-corrected chi connectivity index (χ2v) is 8.16. The van der Waals surface area contributed by atoms with Crippen molar-refractivity contribution in [3.05, 3.63) is 42.2 Å². The third kappa shape index (κ3) is 3.22. The van der Waals surface area contributed by atoms with Gasteiger partial charge in [0.2, 0.25) is 5.95 Å². The number of amides is 1. The van der Waals surface area contributed by atoms with Crippen molar-refractivity contribution in [1.82, 2.24) is 24.8 Å². The van der Waals surface area contributed by atoms with Crippen LogP contribution >= 0.6 is 0 Å². The van der Waals surface area contributed by atoms with Crippen LogP contribution in [0.5, 0.6) is 0 Å². The van der Waals surface area contributed by atoms with Gasteiger partial charge < -0.3 is 15.0 Å². The first-order valence-electron chi connectivity index (χ1n) is 9.93. The normalized spacial score (nSPS) is 22.2. The number of nitrogens with zero attached hydrogens (tertiary/aromatic N) is 5. The number of ether oxygens (including phenoxy) is 1. The standard InChI is InChI=1S/C20H24N6O2/c27-16(26-9-4-19(14-26)5-10-28-11-6-19)15-12-23-18(24-13-15)25-20(2-3-20)17-21-7-1-8-22-17/h1,7-8,12-13H,2-6,9-11,14H2,(H,23,24,25). The molecule has 2 saturated heterocycles. The molecular formula is C20H24N6O2. The van der Waals surface area contributed by atoms with Crippen LogP contribution in [0.2, 0.25) is 0 Å². The molecule has 28 heavy (non-hydrogen) atoms. The van der Waals surface area contributed by atoms with Gasteiger partial charge in [-0.3, -0.25) is 4.79 Å². The fourth-order valence-electron chi connectivity index (χ4n) is 4.30. The summed E-state index contributed by atoms with van der Waals surface area (Å²) in [5.41, 5.74) is 0.497. The number of aromatic nitrogens is 4. The summed E-state index contributed by atoms with van der Waals surface area (Å²) in [4.78, 5) is 32.3. The monoisotopic (exact) mass is 380 g/mol.